The highest BCUT2D eigenvalue weighted by Crippen LogP contribution is 2.32. The molecule has 3 heteroatoms. The summed E-state index contributed by atoms with van der Waals surface area (Å²) in [5.41, 5.74) is 3.43. The lowest BCUT2D eigenvalue weighted by Gasteiger charge is -2.12. The normalized spacial score (nSPS) is 10.9. The largest absolute Gasteiger partial charge is 0.496 e. The molecule has 0 amide bonds. The summed E-state index contributed by atoms with van der Waals surface area (Å²) in [4.78, 5) is 0. The minimum Gasteiger partial charge on any atom is -0.496 e. The summed E-state index contributed by atoms with van der Waals surface area (Å²) in [7, 11) is 3.64. The first-order valence-corrected chi connectivity index (χ1v) is 5.79. The first kappa shape index (κ1) is 11.7. The molecule has 1 aromatic heterocycles. The molecule has 0 N–H and O–H groups in total. The Morgan fingerprint density at radius 1 is 1.24 bits per heavy atom. The van der Waals surface area contributed by atoms with Gasteiger partial charge in [0.05, 0.1) is 12.8 Å². The molecule has 0 fully saturated rings. The second kappa shape index (κ2) is 4.62. The molecule has 90 valence electrons. The molecule has 2 aromatic rings. The van der Waals surface area contributed by atoms with Crippen LogP contribution in [0.3, 0.4) is 0 Å². The van der Waals surface area contributed by atoms with Gasteiger partial charge < -0.3 is 4.74 Å². The van der Waals surface area contributed by atoms with Crippen LogP contribution in [0.25, 0.3) is 11.3 Å². The van der Waals surface area contributed by atoms with Crippen molar-refractivity contribution in [3.63, 3.8) is 0 Å². The van der Waals surface area contributed by atoms with Crippen LogP contribution < -0.4 is 4.74 Å². The van der Waals surface area contributed by atoms with Crippen LogP contribution in [-0.2, 0) is 7.05 Å². The summed E-state index contributed by atoms with van der Waals surface area (Å²) in [6.45, 7) is 4.36. The van der Waals surface area contributed by atoms with E-state index in [9.17, 15) is 0 Å². The average molecular weight is 230 g/mol. The monoisotopic (exact) mass is 230 g/mol. The Labute approximate surface area is 102 Å². The summed E-state index contributed by atoms with van der Waals surface area (Å²) < 4.78 is 7.33. The highest BCUT2D eigenvalue weighted by molar-refractivity contribution is 5.68. The van der Waals surface area contributed by atoms with Gasteiger partial charge in [-0.2, -0.15) is 5.10 Å². The predicted octanol–water partition coefficient (Wildman–Crippen LogP) is 3.22. The number of rotatable bonds is 3. The Bertz CT molecular complexity index is 515. The predicted molar refractivity (Wildman–Crippen MR) is 69.3 cm³/mol. The van der Waals surface area contributed by atoms with Gasteiger partial charge in [0.25, 0.3) is 0 Å². The lowest BCUT2D eigenvalue weighted by Crippen LogP contribution is -1.97. The molecule has 3 nitrogen and oxygen atoms in total. The number of aryl methyl sites for hydroxylation is 1. The molecule has 1 aromatic carbocycles. The molecule has 2 rings (SSSR count). The third kappa shape index (κ3) is 2.18. The molecule has 0 aliphatic heterocycles. The SMILES string of the molecule is COc1cc(C(C)C)ccc1-c1ccnn1C. The maximum atomic E-state index is 5.47. The maximum Gasteiger partial charge on any atom is 0.128 e. The van der Waals surface area contributed by atoms with Crippen LogP contribution in [0.1, 0.15) is 25.3 Å². The van der Waals surface area contributed by atoms with Crippen molar-refractivity contribution in [1.29, 1.82) is 0 Å². The summed E-state index contributed by atoms with van der Waals surface area (Å²) in [5, 5.41) is 4.19. The number of aromatic nitrogens is 2. The zero-order valence-corrected chi connectivity index (χ0v) is 10.8. The fourth-order valence-electron chi connectivity index (χ4n) is 1.92. The molecule has 0 aliphatic rings. The van der Waals surface area contributed by atoms with Crippen LogP contribution in [-0.4, -0.2) is 16.9 Å². The summed E-state index contributed by atoms with van der Waals surface area (Å²) in [6, 6.07) is 8.35. The molecule has 0 radical (unpaired) electrons. The van der Waals surface area contributed by atoms with Crippen molar-refractivity contribution in [3.05, 3.63) is 36.0 Å². The molecule has 0 saturated carbocycles. The van der Waals surface area contributed by atoms with E-state index in [-0.39, 0.29) is 0 Å². The molecule has 0 unspecified atom stereocenters. The minimum atomic E-state index is 0.504. The highest BCUT2D eigenvalue weighted by Gasteiger charge is 2.11. The molecule has 0 bridgehead atoms. The molecule has 0 atom stereocenters. The maximum absolute atomic E-state index is 5.47. The van der Waals surface area contributed by atoms with Crippen LogP contribution >= 0.6 is 0 Å². The van der Waals surface area contributed by atoms with Gasteiger partial charge in [-0.05, 0) is 29.7 Å². The topological polar surface area (TPSA) is 27.1 Å². The number of nitrogens with zero attached hydrogens (tertiary/aromatic N) is 2. The van der Waals surface area contributed by atoms with Gasteiger partial charge in [0, 0.05) is 18.8 Å². The van der Waals surface area contributed by atoms with E-state index < -0.39 is 0 Å². The van der Waals surface area contributed by atoms with E-state index in [4.69, 9.17) is 4.74 Å². The molecule has 1 heterocycles. The van der Waals surface area contributed by atoms with Crippen molar-refractivity contribution >= 4 is 0 Å². The Hall–Kier alpha value is -1.77. The minimum absolute atomic E-state index is 0.504. The van der Waals surface area contributed by atoms with Crippen LogP contribution in [0.15, 0.2) is 30.5 Å². The molecule has 17 heavy (non-hydrogen) atoms. The fraction of sp³-hybridized carbons (Fsp3) is 0.357. The summed E-state index contributed by atoms with van der Waals surface area (Å²) in [5.74, 6) is 1.41. The molecule has 0 saturated heterocycles. The van der Waals surface area contributed by atoms with Crippen molar-refractivity contribution < 1.29 is 4.74 Å². The van der Waals surface area contributed by atoms with Crippen molar-refractivity contribution in [2.75, 3.05) is 7.11 Å². The van der Waals surface area contributed by atoms with E-state index in [0.29, 0.717) is 5.92 Å². The molecular formula is C14H18N2O. The molecule has 0 spiro atoms. The number of hydrogen-bond acceptors (Lipinski definition) is 2. The second-order valence-electron chi connectivity index (χ2n) is 4.45. The number of ether oxygens (including phenoxy) is 1. The lowest BCUT2D eigenvalue weighted by molar-refractivity contribution is 0.415. The zero-order chi connectivity index (χ0) is 12.4. The Morgan fingerprint density at radius 3 is 2.53 bits per heavy atom. The fourth-order valence-corrected chi connectivity index (χ4v) is 1.92. The van der Waals surface area contributed by atoms with Crippen molar-refractivity contribution in [3.8, 4) is 17.0 Å². The molecular weight excluding hydrogens is 212 g/mol. The smallest absolute Gasteiger partial charge is 0.128 e. The Kier molecular flexibility index (Phi) is 3.18. The van der Waals surface area contributed by atoms with Gasteiger partial charge >= 0.3 is 0 Å². The van der Waals surface area contributed by atoms with Crippen molar-refractivity contribution in [1.82, 2.24) is 9.78 Å². The Balaban J connectivity index is 2.52. The van der Waals surface area contributed by atoms with Gasteiger partial charge in [-0.1, -0.05) is 19.9 Å². The number of methoxy groups -OCH3 is 1. The van der Waals surface area contributed by atoms with E-state index >= 15 is 0 Å². The summed E-state index contributed by atoms with van der Waals surface area (Å²) in [6.07, 6.45) is 1.80. The average Bonchev–Trinajstić information content (AvgIpc) is 2.74. The Morgan fingerprint density at radius 2 is 2.00 bits per heavy atom. The van der Waals surface area contributed by atoms with E-state index in [1.165, 1.54) is 5.56 Å². The van der Waals surface area contributed by atoms with Gasteiger partial charge in [0.1, 0.15) is 5.75 Å². The number of hydrogen-bond donors (Lipinski definition) is 0. The van der Waals surface area contributed by atoms with Crippen LogP contribution in [0, 0.1) is 0 Å². The quantitative estimate of drug-likeness (QED) is 0.809. The van der Waals surface area contributed by atoms with E-state index in [1.807, 2.05) is 17.8 Å². The van der Waals surface area contributed by atoms with E-state index in [1.54, 1.807) is 13.3 Å². The van der Waals surface area contributed by atoms with Gasteiger partial charge in [-0.25, -0.2) is 0 Å². The van der Waals surface area contributed by atoms with Crippen LogP contribution in [0.4, 0.5) is 0 Å². The third-order valence-electron chi connectivity index (χ3n) is 2.99. The van der Waals surface area contributed by atoms with Gasteiger partial charge in [-0.15, -0.1) is 0 Å². The van der Waals surface area contributed by atoms with Gasteiger partial charge in [0.15, 0.2) is 0 Å². The van der Waals surface area contributed by atoms with Gasteiger partial charge in [-0.3, -0.25) is 4.68 Å². The van der Waals surface area contributed by atoms with Crippen molar-refractivity contribution in [2.24, 2.45) is 7.05 Å². The molecule has 0 aliphatic carbocycles. The lowest BCUT2D eigenvalue weighted by atomic mass is 10.00. The van der Waals surface area contributed by atoms with Gasteiger partial charge in [0.2, 0.25) is 0 Å². The second-order valence-corrected chi connectivity index (χ2v) is 4.45. The van der Waals surface area contributed by atoms with Crippen LogP contribution in [0.5, 0.6) is 5.75 Å². The van der Waals surface area contributed by atoms with Crippen LogP contribution in [0.2, 0.25) is 0 Å². The first-order valence-electron chi connectivity index (χ1n) is 5.79. The standard InChI is InChI=1S/C14H18N2O/c1-10(2)11-5-6-12(14(9-11)17-4)13-7-8-15-16(13)3/h5-10H,1-4H3. The summed E-state index contributed by atoms with van der Waals surface area (Å²) >= 11 is 0. The first-order chi connectivity index (χ1) is 8.13. The highest BCUT2D eigenvalue weighted by atomic mass is 16.5. The third-order valence-corrected chi connectivity index (χ3v) is 2.99. The van der Waals surface area contributed by atoms with E-state index in [0.717, 1.165) is 17.0 Å². The zero-order valence-electron chi connectivity index (χ0n) is 10.8. The van der Waals surface area contributed by atoms with E-state index in [2.05, 4.69) is 37.1 Å². The van der Waals surface area contributed by atoms with Crippen molar-refractivity contribution in [2.45, 2.75) is 19.8 Å². The number of benzene rings is 1.